The fraction of sp³-hybridized carbons (Fsp3) is 0.294. The third-order valence-corrected chi connectivity index (χ3v) is 3.82. The molecule has 2 aromatic carbocycles. The number of anilines is 2. The lowest BCUT2D eigenvalue weighted by Gasteiger charge is -2.36. The summed E-state index contributed by atoms with van der Waals surface area (Å²) in [6.45, 7) is 3.37. The Bertz CT molecular complexity index is 644. The number of nitrogens with two attached hydrogens (primary N) is 1. The van der Waals surface area contributed by atoms with Crippen LogP contribution in [-0.2, 0) is 6.54 Å². The Morgan fingerprint density at radius 2 is 2.10 bits per heavy atom. The second-order valence-corrected chi connectivity index (χ2v) is 5.35. The third kappa shape index (κ3) is 2.79. The van der Waals surface area contributed by atoms with E-state index in [0.29, 0.717) is 17.8 Å². The summed E-state index contributed by atoms with van der Waals surface area (Å²) in [4.78, 5) is 2.16. The molecule has 3 rings (SSSR count). The lowest BCUT2D eigenvalue weighted by atomic mass is 10.1. The van der Waals surface area contributed by atoms with Crippen LogP contribution < -0.4 is 15.4 Å². The highest BCUT2D eigenvalue weighted by atomic mass is 19.1. The van der Waals surface area contributed by atoms with Gasteiger partial charge in [0.15, 0.2) is 0 Å². The van der Waals surface area contributed by atoms with E-state index < -0.39 is 0 Å². The first-order valence-corrected chi connectivity index (χ1v) is 7.22. The minimum Gasteiger partial charge on any atom is -0.486 e. The Morgan fingerprint density at radius 3 is 2.86 bits per heavy atom. The quantitative estimate of drug-likeness (QED) is 0.876. The normalized spacial score (nSPS) is 17.2. The third-order valence-electron chi connectivity index (χ3n) is 3.82. The zero-order valence-corrected chi connectivity index (χ0v) is 12.1. The van der Waals surface area contributed by atoms with Gasteiger partial charge >= 0.3 is 0 Å². The number of halogens is 1. The summed E-state index contributed by atoms with van der Waals surface area (Å²) in [6, 6.07) is 12.5. The van der Waals surface area contributed by atoms with Crippen LogP contribution >= 0.6 is 0 Å². The Morgan fingerprint density at radius 1 is 1.29 bits per heavy atom. The summed E-state index contributed by atoms with van der Waals surface area (Å²) in [5.41, 5.74) is 8.17. The zero-order valence-electron chi connectivity index (χ0n) is 12.1. The molecule has 0 aromatic heterocycles. The van der Waals surface area contributed by atoms with Crippen molar-refractivity contribution in [3.8, 4) is 5.75 Å². The smallest absolute Gasteiger partial charge is 0.145 e. The molecule has 1 heterocycles. The van der Waals surface area contributed by atoms with E-state index in [-0.39, 0.29) is 11.9 Å². The second kappa shape index (κ2) is 5.64. The highest BCUT2D eigenvalue weighted by Crippen LogP contribution is 2.36. The van der Waals surface area contributed by atoms with Gasteiger partial charge in [-0.3, -0.25) is 0 Å². The van der Waals surface area contributed by atoms with Gasteiger partial charge in [0.05, 0.1) is 12.2 Å². The molecule has 0 saturated carbocycles. The number of fused-ring (bicyclic) bond motifs is 1. The number of rotatable bonds is 3. The Hall–Kier alpha value is -2.23. The minimum absolute atomic E-state index is 0.103. The predicted molar refractivity (Wildman–Crippen MR) is 83.0 cm³/mol. The maximum absolute atomic E-state index is 13.9. The molecule has 1 aliphatic rings. The molecule has 0 amide bonds. The van der Waals surface area contributed by atoms with Crippen LogP contribution in [0.1, 0.15) is 18.9 Å². The number of hydrogen-bond acceptors (Lipinski definition) is 3. The summed E-state index contributed by atoms with van der Waals surface area (Å²) in [6.07, 6.45) is 1.01. The summed E-state index contributed by atoms with van der Waals surface area (Å²) < 4.78 is 19.8. The van der Waals surface area contributed by atoms with Gasteiger partial charge in [0.1, 0.15) is 17.7 Å². The lowest BCUT2D eigenvalue weighted by molar-refractivity contribution is 0.188. The van der Waals surface area contributed by atoms with Gasteiger partial charge < -0.3 is 15.4 Å². The van der Waals surface area contributed by atoms with Crippen molar-refractivity contribution in [1.82, 2.24) is 0 Å². The van der Waals surface area contributed by atoms with Crippen LogP contribution in [0, 0.1) is 5.82 Å². The number of ether oxygens (including phenoxy) is 1. The predicted octanol–water partition coefficient (Wildman–Crippen LogP) is 3.59. The molecule has 110 valence electrons. The SMILES string of the molecule is CCC1CN(Cc2ccccc2F)c2ccc(N)cc2O1. The van der Waals surface area contributed by atoms with Gasteiger partial charge in [0, 0.05) is 23.9 Å². The van der Waals surface area contributed by atoms with Crippen LogP contribution in [0.3, 0.4) is 0 Å². The first-order valence-electron chi connectivity index (χ1n) is 7.22. The molecule has 0 aliphatic carbocycles. The van der Waals surface area contributed by atoms with Crippen LogP contribution in [0.5, 0.6) is 5.75 Å². The van der Waals surface area contributed by atoms with Gasteiger partial charge in [-0.15, -0.1) is 0 Å². The van der Waals surface area contributed by atoms with Gasteiger partial charge in [-0.1, -0.05) is 25.1 Å². The molecule has 0 bridgehead atoms. The van der Waals surface area contributed by atoms with Crippen molar-refractivity contribution in [2.24, 2.45) is 0 Å². The highest BCUT2D eigenvalue weighted by molar-refractivity contribution is 5.65. The molecule has 4 heteroatoms. The van der Waals surface area contributed by atoms with Crippen LogP contribution in [-0.4, -0.2) is 12.6 Å². The van der Waals surface area contributed by atoms with Gasteiger partial charge in [-0.2, -0.15) is 0 Å². The molecule has 0 saturated heterocycles. The summed E-state index contributed by atoms with van der Waals surface area (Å²) >= 11 is 0. The number of nitrogens with zero attached hydrogens (tertiary/aromatic N) is 1. The van der Waals surface area contributed by atoms with Crippen LogP contribution in [0.4, 0.5) is 15.8 Å². The molecular formula is C17H19FN2O. The highest BCUT2D eigenvalue weighted by Gasteiger charge is 2.25. The zero-order chi connectivity index (χ0) is 14.8. The Balaban J connectivity index is 1.93. The van der Waals surface area contributed by atoms with Crippen molar-refractivity contribution < 1.29 is 9.13 Å². The van der Waals surface area contributed by atoms with E-state index in [1.807, 2.05) is 30.3 Å². The Labute approximate surface area is 124 Å². The van der Waals surface area contributed by atoms with Crippen molar-refractivity contribution in [2.45, 2.75) is 26.0 Å². The summed E-state index contributed by atoms with van der Waals surface area (Å²) in [5, 5.41) is 0. The van der Waals surface area contributed by atoms with Crippen LogP contribution in [0.15, 0.2) is 42.5 Å². The van der Waals surface area contributed by atoms with Crippen molar-refractivity contribution in [1.29, 1.82) is 0 Å². The lowest BCUT2D eigenvalue weighted by Crippen LogP contribution is -2.39. The maximum atomic E-state index is 13.9. The molecular weight excluding hydrogens is 267 g/mol. The van der Waals surface area contributed by atoms with E-state index in [4.69, 9.17) is 10.5 Å². The van der Waals surface area contributed by atoms with E-state index in [0.717, 1.165) is 24.4 Å². The fourth-order valence-electron chi connectivity index (χ4n) is 2.64. The molecule has 1 atom stereocenters. The molecule has 3 nitrogen and oxygen atoms in total. The molecule has 1 aliphatic heterocycles. The largest absolute Gasteiger partial charge is 0.486 e. The fourth-order valence-corrected chi connectivity index (χ4v) is 2.64. The molecule has 0 radical (unpaired) electrons. The molecule has 2 aromatic rings. The Kier molecular flexibility index (Phi) is 3.69. The minimum atomic E-state index is -0.172. The van der Waals surface area contributed by atoms with Crippen molar-refractivity contribution in [2.75, 3.05) is 17.2 Å². The summed E-state index contributed by atoms with van der Waals surface area (Å²) in [5.74, 6) is 0.610. The van der Waals surface area contributed by atoms with Crippen LogP contribution in [0.2, 0.25) is 0 Å². The number of nitrogen functional groups attached to an aromatic ring is 1. The van der Waals surface area contributed by atoms with Crippen molar-refractivity contribution in [3.63, 3.8) is 0 Å². The average Bonchev–Trinajstić information content (AvgIpc) is 2.48. The van der Waals surface area contributed by atoms with E-state index in [2.05, 4.69) is 11.8 Å². The first kappa shape index (κ1) is 13.7. The maximum Gasteiger partial charge on any atom is 0.145 e. The van der Waals surface area contributed by atoms with Crippen molar-refractivity contribution in [3.05, 3.63) is 53.8 Å². The van der Waals surface area contributed by atoms with Gasteiger partial charge in [-0.25, -0.2) is 4.39 Å². The van der Waals surface area contributed by atoms with Gasteiger partial charge in [-0.05, 0) is 24.6 Å². The van der Waals surface area contributed by atoms with E-state index >= 15 is 0 Å². The molecule has 0 spiro atoms. The molecule has 21 heavy (non-hydrogen) atoms. The van der Waals surface area contributed by atoms with Gasteiger partial charge in [0.2, 0.25) is 0 Å². The van der Waals surface area contributed by atoms with Crippen molar-refractivity contribution >= 4 is 11.4 Å². The van der Waals surface area contributed by atoms with Crippen LogP contribution in [0.25, 0.3) is 0 Å². The molecule has 0 fully saturated rings. The number of hydrogen-bond donors (Lipinski definition) is 1. The van der Waals surface area contributed by atoms with Gasteiger partial charge in [0.25, 0.3) is 0 Å². The molecule has 2 N–H and O–H groups in total. The van der Waals surface area contributed by atoms with E-state index in [9.17, 15) is 4.39 Å². The van der Waals surface area contributed by atoms with E-state index in [1.54, 1.807) is 6.07 Å². The first-order chi connectivity index (χ1) is 10.2. The monoisotopic (exact) mass is 286 g/mol. The van der Waals surface area contributed by atoms with E-state index in [1.165, 1.54) is 6.07 Å². The molecule has 1 unspecified atom stereocenters. The summed E-state index contributed by atoms with van der Waals surface area (Å²) in [7, 11) is 0. The second-order valence-electron chi connectivity index (χ2n) is 5.35. The number of benzene rings is 2. The average molecular weight is 286 g/mol. The standard InChI is InChI=1S/C17H19FN2O/c1-2-14-11-20(10-12-5-3-4-6-15(12)18)16-8-7-13(19)9-17(16)21-14/h3-9,14H,2,10-11,19H2,1H3. The topological polar surface area (TPSA) is 38.5 Å².